The zero-order chi connectivity index (χ0) is 21.3. The molecule has 0 unspecified atom stereocenters. The molecule has 0 saturated heterocycles. The molecule has 4 aromatic rings. The molecule has 0 bridgehead atoms. The zero-order valence-electron chi connectivity index (χ0n) is 16.3. The minimum Gasteiger partial charge on any atom is -0.497 e. The lowest BCUT2D eigenvalue weighted by molar-refractivity contribution is 0.0734. The summed E-state index contributed by atoms with van der Waals surface area (Å²) < 4.78 is 16.1. The van der Waals surface area contributed by atoms with Crippen molar-refractivity contribution in [2.24, 2.45) is 0 Å². The van der Waals surface area contributed by atoms with Crippen LogP contribution in [0.25, 0.3) is 22.1 Å². The van der Waals surface area contributed by atoms with Gasteiger partial charge in [0.05, 0.1) is 18.2 Å². The predicted molar refractivity (Wildman–Crippen MR) is 116 cm³/mol. The van der Waals surface area contributed by atoms with Crippen molar-refractivity contribution in [3.05, 3.63) is 93.3 Å². The van der Waals surface area contributed by atoms with E-state index in [1.165, 1.54) is 13.2 Å². The van der Waals surface area contributed by atoms with Gasteiger partial charge in [-0.15, -0.1) is 0 Å². The van der Waals surface area contributed by atoms with E-state index in [1.54, 1.807) is 60.7 Å². The second-order valence-electron chi connectivity index (χ2n) is 6.68. The summed E-state index contributed by atoms with van der Waals surface area (Å²) in [5, 5.41) is 1.34. The molecule has 0 amide bonds. The largest absolute Gasteiger partial charge is 0.497 e. The number of fused-ring (bicyclic) bond motifs is 1. The standard InChI is InChI=1S/C24H17ClO5/c1-14-20-11-10-19(29-23(26)16-4-3-5-18(12-16)28-2)13-21(20)30-24(27)22(14)15-6-8-17(25)9-7-15/h3-13H,1-2H3. The third-order valence-electron chi connectivity index (χ3n) is 4.79. The maximum Gasteiger partial charge on any atom is 0.344 e. The van der Waals surface area contributed by atoms with Gasteiger partial charge in [-0.3, -0.25) is 0 Å². The molecular formula is C24H17ClO5. The maximum atomic E-state index is 12.6. The Morgan fingerprint density at radius 1 is 0.967 bits per heavy atom. The molecule has 6 heteroatoms. The number of rotatable bonds is 4. The summed E-state index contributed by atoms with van der Waals surface area (Å²) in [6, 6.07) is 18.6. The van der Waals surface area contributed by atoms with E-state index in [9.17, 15) is 9.59 Å². The van der Waals surface area contributed by atoms with Gasteiger partial charge in [0.2, 0.25) is 0 Å². The predicted octanol–water partition coefficient (Wildman–Crippen LogP) is 5.65. The Balaban J connectivity index is 1.69. The van der Waals surface area contributed by atoms with Crippen molar-refractivity contribution in [2.75, 3.05) is 7.11 Å². The van der Waals surface area contributed by atoms with Crippen LogP contribution in [0.3, 0.4) is 0 Å². The fourth-order valence-electron chi connectivity index (χ4n) is 3.27. The summed E-state index contributed by atoms with van der Waals surface area (Å²) in [6.07, 6.45) is 0. The van der Waals surface area contributed by atoms with E-state index in [1.807, 2.05) is 6.92 Å². The highest BCUT2D eigenvalue weighted by atomic mass is 35.5. The van der Waals surface area contributed by atoms with E-state index >= 15 is 0 Å². The Hall–Kier alpha value is -3.57. The molecule has 150 valence electrons. The van der Waals surface area contributed by atoms with Gasteiger partial charge in [0.15, 0.2) is 0 Å². The van der Waals surface area contributed by atoms with Crippen LogP contribution < -0.4 is 15.1 Å². The molecule has 0 radical (unpaired) electrons. The van der Waals surface area contributed by atoms with Crippen LogP contribution >= 0.6 is 11.6 Å². The molecule has 0 atom stereocenters. The number of carbonyl (C=O) groups excluding carboxylic acids is 1. The highest BCUT2D eigenvalue weighted by molar-refractivity contribution is 6.30. The molecule has 1 aromatic heterocycles. The van der Waals surface area contributed by atoms with Crippen LogP contribution in [0.5, 0.6) is 11.5 Å². The number of aryl methyl sites for hydroxylation is 1. The third kappa shape index (κ3) is 3.80. The highest BCUT2D eigenvalue weighted by Gasteiger charge is 2.15. The Bertz CT molecular complexity index is 1310. The van der Waals surface area contributed by atoms with Crippen molar-refractivity contribution < 1.29 is 18.7 Å². The molecule has 0 fully saturated rings. The SMILES string of the molecule is COc1cccc(C(=O)Oc2ccc3c(C)c(-c4ccc(Cl)cc4)c(=O)oc3c2)c1. The van der Waals surface area contributed by atoms with Gasteiger partial charge in [0.1, 0.15) is 17.1 Å². The lowest BCUT2D eigenvalue weighted by Gasteiger charge is -2.10. The van der Waals surface area contributed by atoms with Crippen LogP contribution in [0.2, 0.25) is 5.02 Å². The number of halogens is 1. The fourth-order valence-corrected chi connectivity index (χ4v) is 3.39. The Labute approximate surface area is 177 Å². The first-order valence-electron chi connectivity index (χ1n) is 9.16. The van der Waals surface area contributed by atoms with Crippen LogP contribution in [0.4, 0.5) is 0 Å². The monoisotopic (exact) mass is 420 g/mol. The lowest BCUT2D eigenvalue weighted by atomic mass is 10.00. The smallest absolute Gasteiger partial charge is 0.344 e. The van der Waals surface area contributed by atoms with Crippen molar-refractivity contribution in [1.29, 1.82) is 0 Å². The minimum absolute atomic E-state index is 0.275. The van der Waals surface area contributed by atoms with Crippen molar-refractivity contribution >= 4 is 28.5 Å². The number of benzene rings is 3. The maximum absolute atomic E-state index is 12.6. The minimum atomic E-state index is -0.537. The van der Waals surface area contributed by atoms with Gasteiger partial charge in [-0.1, -0.05) is 29.8 Å². The average Bonchev–Trinajstić information content (AvgIpc) is 2.75. The summed E-state index contributed by atoms with van der Waals surface area (Å²) in [5.74, 6) is 0.293. The Morgan fingerprint density at radius 2 is 1.73 bits per heavy atom. The molecule has 0 aliphatic carbocycles. The molecule has 3 aromatic carbocycles. The van der Waals surface area contributed by atoms with Crippen molar-refractivity contribution in [2.45, 2.75) is 6.92 Å². The van der Waals surface area contributed by atoms with Crippen LogP contribution in [0.15, 0.2) is 75.9 Å². The van der Waals surface area contributed by atoms with Gasteiger partial charge < -0.3 is 13.9 Å². The molecule has 30 heavy (non-hydrogen) atoms. The summed E-state index contributed by atoms with van der Waals surface area (Å²) in [6.45, 7) is 1.85. The lowest BCUT2D eigenvalue weighted by Crippen LogP contribution is -2.09. The van der Waals surface area contributed by atoms with E-state index in [0.29, 0.717) is 27.5 Å². The van der Waals surface area contributed by atoms with Gasteiger partial charge in [-0.25, -0.2) is 9.59 Å². The van der Waals surface area contributed by atoms with Crippen LogP contribution in [0.1, 0.15) is 15.9 Å². The van der Waals surface area contributed by atoms with E-state index in [-0.39, 0.29) is 5.75 Å². The van der Waals surface area contributed by atoms with Gasteiger partial charge in [-0.05, 0) is 60.5 Å². The van der Waals surface area contributed by atoms with E-state index < -0.39 is 11.6 Å². The van der Waals surface area contributed by atoms with E-state index in [0.717, 1.165) is 16.5 Å². The third-order valence-corrected chi connectivity index (χ3v) is 5.04. The first kappa shape index (κ1) is 19.7. The summed E-state index contributed by atoms with van der Waals surface area (Å²) in [4.78, 5) is 25.1. The topological polar surface area (TPSA) is 65.7 Å². The number of esters is 1. The number of ether oxygens (including phenoxy) is 2. The van der Waals surface area contributed by atoms with Gasteiger partial charge in [-0.2, -0.15) is 0 Å². The number of methoxy groups -OCH3 is 1. The molecule has 0 spiro atoms. The molecule has 0 N–H and O–H groups in total. The second-order valence-corrected chi connectivity index (χ2v) is 7.11. The molecule has 1 heterocycles. The molecule has 0 saturated carbocycles. The molecule has 0 aliphatic rings. The quantitative estimate of drug-likeness (QED) is 0.242. The first-order valence-corrected chi connectivity index (χ1v) is 9.53. The number of carbonyl (C=O) groups is 1. The van der Waals surface area contributed by atoms with Crippen LogP contribution in [-0.4, -0.2) is 13.1 Å². The second kappa shape index (κ2) is 8.05. The van der Waals surface area contributed by atoms with E-state index in [4.69, 9.17) is 25.5 Å². The normalized spacial score (nSPS) is 10.8. The van der Waals surface area contributed by atoms with Crippen LogP contribution in [-0.2, 0) is 0 Å². The summed E-state index contributed by atoms with van der Waals surface area (Å²) >= 11 is 5.94. The first-order chi connectivity index (χ1) is 14.5. The fraction of sp³-hybridized carbons (Fsp3) is 0.0833. The van der Waals surface area contributed by atoms with Gasteiger partial charge in [0.25, 0.3) is 0 Å². The van der Waals surface area contributed by atoms with Crippen LogP contribution in [0, 0.1) is 6.92 Å². The molecule has 0 aliphatic heterocycles. The van der Waals surface area contributed by atoms with Crippen molar-refractivity contribution in [1.82, 2.24) is 0 Å². The van der Waals surface area contributed by atoms with Crippen molar-refractivity contribution in [3.63, 3.8) is 0 Å². The summed E-state index contributed by atoms with van der Waals surface area (Å²) in [7, 11) is 1.52. The highest BCUT2D eigenvalue weighted by Crippen LogP contribution is 2.30. The molecule has 4 rings (SSSR count). The molecular weight excluding hydrogens is 404 g/mol. The Morgan fingerprint density at radius 3 is 2.47 bits per heavy atom. The van der Waals surface area contributed by atoms with Gasteiger partial charge in [0, 0.05) is 16.5 Å². The number of hydrogen-bond acceptors (Lipinski definition) is 5. The number of hydrogen-bond donors (Lipinski definition) is 0. The van der Waals surface area contributed by atoms with Crippen molar-refractivity contribution in [3.8, 4) is 22.6 Å². The Kier molecular flexibility index (Phi) is 5.29. The zero-order valence-corrected chi connectivity index (χ0v) is 17.0. The van der Waals surface area contributed by atoms with Gasteiger partial charge >= 0.3 is 11.6 Å². The molecule has 5 nitrogen and oxygen atoms in total. The average molecular weight is 421 g/mol. The van der Waals surface area contributed by atoms with E-state index in [2.05, 4.69) is 0 Å². The summed E-state index contributed by atoms with van der Waals surface area (Å²) in [5.41, 5.74) is 2.19.